The Morgan fingerprint density at radius 1 is 0.781 bits per heavy atom. The van der Waals surface area contributed by atoms with Gasteiger partial charge in [-0.1, -0.05) is 46.9 Å². The van der Waals surface area contributed by atoms with Crippen LogP contribution >= 0.6 is 34.8 Å². The summed E-state index contributed by atoms with van der Waals surface area (Å²) in [6, 6.07) is 14.5. The standard InChI is InChI=1S/C23H13Cl3F2N2O2/c1-31-22-20(12-2-4-13(24)5-3-12)21(18-7-6-14(25)8-19(18)26)29-23(30-22)32-17-10-15(27)9-16(28)11-17/h2-11H,1H3. The van der Waals surface area contributed by atoms with Gasteiger partial charge in [-0.05, 0) is 35.9 Å². The first kappa shape index (κ1) is 22.3. The largest absolute Gasteiger partial charge is 0.480 e. The molecule has 4 rings (SSSR count). The normalized spacial score (nSPS) is 10.8. The van der Waals surface area contributed by atoms with Gasteiger partial charge in [-0.25, -0.2) is 8.78 Å². The van der Waals surface area contributed by atoms with E-state index in [0.29, 0.717) is 37.5 Å². The van der Waals surface area contributed by atoms with Gasteiger partial charge >= 0.3 is 6.01 Å². The van der Waals surface area contributed by atoms with Gasteiger partial charge in [-0.3, -0.25) is 0 Å². The third-order valence-electron chi connectivity index (χ3n) is 4.41. The van der Waals surface area contributed by atoms with Crippen molar-refractivity contribution in [3.63, 3.8) is 0 Å². The van der Waals surface area contributed by atoms with Crippen LogP contribution in [0.4, 0.5) is 8.78 Å². The molecular formula is C23H13Cl3F2N2O2. The van der Waals surface area contributed by atoms with Crippen LogP contribution in [0.1, 0.15) is 0 Å². The van der Waals surface area contributed by atoms with Crippen molar-refractivity contribution in [1.82, 2.24) is 9.97 Å². The lowest BCUT2D eigenvalue weighted by atomic mass is 10.00. The Labute approximate surface area is 197 Å². The van der Waals surface area contributed by atoms with Crippen molar-refractivity contribution < 1.29 is 18.3 Å². The summed E-state index contributed by atoms with van der Waals surface area (Å²) in [6.45, 7) is 0. The van der Waals surface area contributed by atoms with Crippen LogP contribution in [0.2, 0.25) is 15.1 Å². The fourth-order valence-corrected chi connectivity index (χ4v) is 3.68. The summed E-state index contributed by atoms with van der Waals surface area (Å²) in [7, 11) is 1.43. The fraction of sp³-hybridized carbons (Fsp3) is 0.0435. The molecular weight excluding hydrogens is 481 g/mol. The quantitative estimate of drug-likeness (QED) is 0.284. The van der Waals surface area contributed by atoms with Crippen LogP contribution in [-0.4, -0.2) is 17.1 Å². The van der Waals surface area contributed by atoms with Crippen LogP contribution in [0.5, 0.6) is 17.6 Å². The molecule has 0 radical (unpaired) electrons. The van der Waals surface area contributed by atoms with Gasteiger partial charge in [0.25, 0.3) is 0 Å². The van der Waals surface area contributed by atoms with Crippen LogP contribution in [0.3, 0.4) is 0 Å². The molecule has 0 aliphatic rings. The molecule has 0 aliphatic carbocycles. The molecule has 9 heteroatoms. The maximum absolute atomic E-state index is 13.6. The second-order valence-electron chi connectivity index (χ2n) is 6.58. The molecule has 0 amide bonds. The Morgan fingerprint density at radius 3 is 2.06 bits per heavy atom. The molecule has 0 fully saturated rings. The van der Waals surface area contributed by atoms with Crippen LogP contribution in [-0.2, 0) is 0 Å². The molecule has 0 saturated carbocycles. The maximum atomic E-state index is 13.6. The van der Waals surface area contributed by atoms with Crippen molar-refractivity contribution in [2.75, 3.05) is 7.11 Å². The van der Waals surface area contributed by atoms with E-state index in [-0.39, 0.29) is 17.6 Å². The molecule has 0 unspecified atom stereocenters. The van der Waals surface area contributed by atoms with Gasteiger partial charge < -0.3 is 9.47 Å². The third-order valence-corrected chi connectivity index (χ3v) is 5.21. The minimum atomic E-state index is -0.800. The van der Waals surface area contributed by atoms with Crippen molar-refractivity contribution >= 4 is 34.8 Å². The summed E-state index contributed by atoms with van der Waals surface area (Å²) in [5, 5.41) is 1.32. The Kier molecular flexibility index (Phi) is 6.46. The lowest BCUT2D eigenvalue weighted by molar-refractivity contribution is 0.377. The Bertz CT molecular complexity index is 1280. The van der Waals surface area contributed by atoms with Crippen LogP contribution in [0, 0.1) is 11.6 Å². The highest BCUT2D eigenvalue weighted by atomic mass is 35.5. The number of benzene rings is 3. The summed E-state index contributed by atoms with van der Waals surface area (Å²) in [6.07, 6.45) is 0. The van der Waals surface area contributed by atoms with Crippen molar-refractivity contribution in [2.45, 2.75) is 0 Å². The molecule has 0 aliphatic heterocycles. The van der Waals surface area contributed by atoms with Crippen LogP contribution in [0.15, 0.2) is 60.7 Å². The number of rotatable bonds is 5. The predicted octanol–water partition coefficient (Wildman–Crippen LogP) is 7.85. The summed E-state index contributed by atoms with van der Waals surface area (Å²) < 4.78 is 38.3. The van der Waals surface area contributed by atoms with E-state index in [4.69, 9.17) is 44.3 Å². The molecule has 0 saturated heterocycles. The van der Waals surface area contributed by atoms with E-state index in [2.05, 4.69) is 9.97 Å². The van der Waals surface area contributed by atoms with Gasteiger partial charge in [0, 0.05) is 33.8 Å². The third kappa shape index (κ3) is 4.78. The molecule has 0 N–H and O–H groups in total. The Balaban J connectivity index is 1.93. The fourth-order valence-electron chi connectivity index (χ4n) is 3.06. The van der Waals surface area contributed by atoms with E-state index in [9.17, 15) is 8.78 Å². The second-order valence-corrected chi connectivity index (χ2v) is 7.86. The topological polar surface area (TPSA) is 44.2 Å². The zero-order valence-electron chi connectivity index (χ0n) is 16.4. The minimum Gasteiger partial charge on any atom is -0.480 e. The monoisotopic (exact) mass is 492 g/mol. The number of ether oxygens (including phenoxy) is 2. The summed E-state index contributed by atoms with van der Waals surface area (Å²) >= 11 is 18.5. The molecule has 0 bridgehead atoms. The molecule has 3 aromatic carbocycles. The number of methoxy groups -OCH3 is 1. The Hall–Kier alpha value is -2.93. The minimum absolute atomic E-state index is 0.114. The zero-order chi connectivity index (χ0) is 22.8. The van der Waals surface area contributed by atoms with Gasteiger partial charge in [0.2, 0.25) is 5.88 Å². The van der Waals surface area contributed by atoms with E-state index in [0.717, 1.165) is 18.2 Å². The van der Waals surface area contributed by atoms with E-state index in [1.165, 1.54) is 7.11 Å². The van der Waals surface area contributed by atoms with E-state index in [1.807, 2.05) is 0 Å². The SMILES string of the molecule is COc1nc(Oc2cc(F)cc(F)c2)nc(-c2ccc(Cl)cc2Cl)c1-c1ccc(Cl)cc1. The maximum Gasteiger partial charge on any atom is 0.325 e. The highest BCUT2D eigenvalue weighted by Crippen LogP contribution is 2.42. The average Bonchev–Trinajstić information content (AvgIpc) is 2.73. The number of aromatic nitrogens is 2. The first-order chi connectivity index (χ1) is 15.3. The molecule has 4 nitrogen and oxygen atoms in total. The lowest BCUT2D eigenvalue weighted by Crippen LogP contribution is -2.02. The van der Waals surface area contributed by atoms with Crippen molar-refractivity contribution in [1.29, 1.82) is 0 Å². The molecule has 4 aromatic rings. The molecule has 0 spiro atoms. The smallest absolute Gasteiger partial charge is 0.325 e. The van der Waals surface area contributed by atoms with Gasteiger partial charge in [-0.15, -0.1) is 0 Å². The number of nitrogens with zero attached hydrogens (tertiary/aromatic N) is 2. The van der Waals surface area contributed by atoms with Crippen LogP contribution < -0.4 is 9.47 Å². The van der Waals surface area contributed by atoms with E-state index < -0.39 is 11.6 Å². The summed E-state index contributed by atoms with van der Waals surface area (Å²) in [5.74, 6) is -1.55. The summed E-state index contributed by atoms with van der Waals surface area (Å²) in [4.78, 5) is 8.75. The van der Waals surface area contributed by atoms with Gasteiger partial charge in [0.15, 0.2) is 0 Å². The van der Waals surface area contributed by atoms with Gasteiger partial charge in [0.05, 0.1) is 23.4 Å². The lowest BCUT2D eigenvalue weighted by Gasteiger charge is -2.16. The molecule has 1 aromatic heterocycles. The number of hydrogen-bond donors (Lipinski definition) is 0. The molecule has 162 valence electrons. The van der Waals surface area contributed by atoms with Gasteiger partial charge in [-0.2, -0.15) is 9.97 Å². The highest BCUT2D eigenvalue weighted by molar-refractivity contribution is 6.36. The number of halogens is 5. The Morgan fingerprint density at radius 2 is 1.44 bits per heavy atom. The summed E-state index contributed by atoms with van der Waals surface area (Å²) in [5.41, 5.74) is 2.12. The zero-order valence-corrected chi connectivity index (χ0v) is 18.6. The first-order valence-electron chi connectivity index (χ1n) is 9.15. The van der Waals surface area contributed by atoms with Crippen molar-refractivity contribution in [2.24, 2.45) is 0 Å². The van der Waals surface area contributed by atoms with Crippen molar-refractivity contribution in [3.05, 3.63) is 87.4 Å². The second kappa shape index (κ2) is 9.28. The molecule has 1 heterocycles. The molecule has 0 atom stereocenters. The highest BCUT2D eigenvalue weighted by Gasteiger charge is 2.22. The van der Waals surface area contributed by atoms with E-state index >= 15 is 0 Å². The predicted molar refractivity (Wildman–Crippen MR) is 121 cm³/mol. The molecule has 32 heavy (non-hydrogen) atoms. The number of hydrogen-bond acceptors (Lipinski definition) is 4. The van der Waals surface area contributed by atoms with E-state index in [1.54, 1.807) is 42.5 Å². The average molecular weight is 494 g/mol. The van der Waals surface area contributed by atoms with Gasteiger partial charge in [0.1, 0.15) is 17.4 Å². The van der Waals surface area contributed by atoms with Crippen LogP contribution in [0.25, 0.3) is 22.4 Å². The first-order valence-corrected chi connectivity index (χ1v) is 10.3. The van der Waals surface area contributed by atoms with Crippen molar-refractivity contribution in [3.8, 4) is 40.0 Å².